The lowest BCUT2D eigenvalue weighted by atomic mass is 10.0. The summed E-state index contributed by atoms with van der Waals surface area (Å²) >= 11 is 0. The average molecular weight is 784 g/mol. The standard InChI is InChI=1S/C51H93NO4/c1-3-5-7-9-11-13-15-17-19-21-23-25-26-28-30-32-34-36-38-40-42-44-48(54)46-51(56)52-49(47-53)50(55)45-43-41-39-37-35-33-31-29-27-24-22-20-18-16-14-12-10-8-6-4-2/h23,25,27-30,35,37,43,45,48-50,53-55H,3-22,24,26,31-34,36,38-42,44,46-47H2,1-2H3,(H,52,56)/b25-23-,29-27+,30-28-,37-35+,45-43+. The maximum atomic E-state index is 12.5. The van der Waals surface area contributed by atoms with Crippen LogP contribution in [-0.2, 0) is 4.79 Å². The van der Waals surface area contributed by atoms with E-state index in [0.717, 1.165) is 57.8 Å². The number of unbranched alkanes of at least 4 members (excludes halogenated alkanes) is 26. The number of nitrogens with one attached hydrogen (secondary N) is 1. The van der Waals surface area contributed by atoms with E-state index < -0.39 is 18.2 Å². The highest BCUT2D eigenvalue weighted by Crippen LogP contribution is 2.14. The van der Waals surface area contributed by atoms with E-state index in [1.54, 1.807) is 6.08 Å². The Kier molecular flexibility index (Phi) is 44.2. The fraction of sp³-hybridized carbons (Fsp3) is 0.784. The number of carbonyl (C=O) groups is 1. The van der Waals surface area contributed by atoms with Crippen LogP contribution in [0, 0.1) is 0 Å². The van der Waals surface area contributed by atoms with Crippen molar-refractivity contribution in [2.45, 2.75) is 250 Å². The van der Waals surface area contributed by atoms with Gasteiger partial charge in [0.15, 0.2) is 0 Å². The number of carbonyl (C=O) groups excluding carboxylic acids is 1. The minimum atomic E-state index is -0.966. The van der Waals surface area contributed by atoms with Crippen molar-refractivity contribution in [2.24, 2.45) is 0 Å². The number of aliphatic hydroxyl groups is 3. The first-order chi connectivity index (χ1) is 27.5. The molecular weight excluding hydrogens is 691 g/mol. The van der Waals surface area contributed by atoms with Gasteiger partial charge < -0.3 is 20.6 Å². The molecule has 4 N–H and O–H groups in total. The maximum Gasteiger partial charge on any atom is 0.222 e. The zero-order valence-corrected chi connectivity index (χ0v) is 37.0. The molecule has 0 aliphatic heterocycles. The minimum absolute atomic E-state index is 0.00927. The van der Waals surface area contributed by atoms with Gasteiger partial charge in [0.2, 0.25) is 5.91 Å². The molecule has 0 aromatic rings. The first kappa shape index (κ1) is 54.0. The predicted octanol–water partition coefficient (Wildman–Crippen LogP) is 14.3. The summed E-state index contributed by atoms with van der Waals surface area (Å²) in [6, 6.07) is -0.775. The van der Waals surface area contributed by atoms with E-state index in [0.29, 0.717) is 6.42 Å². The number of rotatable bonds is 43. The first-order valence-corrected chi connectivity index (χ1v) is 24.1. The molecular formula is C51H93NO4. The predicted molar refractivity (Wildman–Crippen MR) is 245 cm³/mol. The van der Waals surface area contributed by atoms with Crippen molar-refractivity contribution in [2.75, 3.05) is 6.61 Å². The summed E-state index contributed by atoms with van der Waals surface area (Å²) in [6.45, 7) is 4.20. The molecule has 1 amide bonds. The Hall–Kier alpha value is -1.95. The lowest BCUT2D eigenvalue weighted by molar-refractivity contribution is -0.124. The summed E-state index contributed by atoms with van der Waals surface area (Å²) in [5.41, 5.74) is 0. The molecule has 0 saturated heterocycles. The average Bonchev–Trinajstić information content (AvgIpc) is 3.19. The fourth-order valence-electron chi connectivity index (χ4n) is 7.05. The molecule has 0 radical (unpaired) electrons. The third kappa shape index (κ3) is 41.7. The van der Waals surface area contributed by atoms with Crippen LogP contribution in [0.15, 0.2) is 60.8 Å². The lowest BCUT2D eigenvalue weighted by Crippen LogP contribution is -2.45. The SMILES string of the molecule is CCCCCCCCCCC/C=C\C/C=C\CCCCCCCC(O)CC(=O)NC(CO)C(O)/C=C/CC/C=C/CC/C=C/CCCCCCCCCCCC. The summed E-state index contributed by atoms with van der Waals surface area (Å²) < 4.78 is 0. The van der Waals surface area contributed by atoms with Crippen LogP contribution in [0.25, 0.3) is 0 Å². The van der Waals surface area contributed by atoms with Crippen LogP contribution in [0.1, 0.15) is 232 Å². The van der Waals surface area contributed by atoms with Crippen molar-refractivity contribution in [3.8, 4) is 0 Å². The van der Waals surface area contributed by atoms with Gasteiger partial charge in [-0.25, -0.2) is 0 Å². The summed E-state index contributed by atoms with van der Waals surface area (Å²) in [5.74, 6) is -0.338. The number of hydrogen-bond donors (Lipinski definition) is 4. The van der Waals surface area contributed by atoms with E-state index in [2.05, 4.69) is 67.8 Å². The van der Waals surface area contributed by atoms with Gasteiger partial charge >= 0.3 is 0 Å². The second-order valence-corrected chi connectivity index (χ2v) is 16.3. The molecule has 5 heteroatoms. The largest absolute Gasteiger partial charge is 0.394 e. The molecule has 326 valence electrons. The third-order valence-electron chi connectivity index (χ3n) is 10.8. The molecule has 3 unspecified atom stereocenters. The highest BCUT2D eigenvalue weighted by atomic mass is 16.3. The van der Waals surface area contributed by atoms with E-state index >= 15 is 0 Å². The van der Waals surface area contributed by atoms with Gasteiger partial charge in [-0.3, -0.25) is 4.79 Å². The van der Waals surface area contributed by atoms with Crippen LogP contribution in [0.5, 0.6) is 0 Å². The van der Waals surface area contributed by atoms with Crippen molar-refractivity contribution < 1.29 is 20.1 Å². The molecule has 0 heterocycles. The van der Waals surface area contributed by atoms with Gasteiger partial charge in [-0.05, 0) is 77.0 Å². The van der Waals surface area contributed by atoms with Crippen LogP contribution < -0.4 is 5.32 Å². The van der Waals surface area contributed by atoms with E-state index in [-0.39, 0.29) is 18.9 Å². The zero-order valence-electron chi connectivity index (χ0n) is 37.0. The summed E-state index contributed by atoms with van der Waals surface area (Å²) in [6.07, 6.45) is 60.9. The number of aliphatic hydroxyl groups excluding tert-OH is 3. The van der Waals surface area contributed by atoms with Crippen molar-refractivity contribution in [3.05, 3.63) is 60.8 Å². The molecule has 0 bridgehead atoms. The zero-order chi connectivity index (χ0) is 40.8. The summed E-state index contributed by atoms with van der Waals surface area (Å²) in [5, 5.41) is 33.3. The van der Waals surface area contributed by atoms with Crippen LogP contribution in [0.2, 0.25) is 0 Å². The Morgan fingerprint density at radius 3 is 1.25 bits per heavy atom. The van der Waals surface area contributed by atoms with Gasteiger partial charge in [-0.2, -0.15) is 0 Å². The molecule has 3 atom stereocenters. The smallest absolute Gasteiger partial charge is 0.222 e. The Morgan fingerprint density at radius 1 is 0.464 bits per heavy atom. The Bertz CT molecular complexity index is 954. The quantitative estimate of drug-likeness (QED) is 0.0366. The number of allylic oxidation sites excluding steroid dienone is 9. The topological polar surface area (TPSA) is 89.8 Å². The van der Waals surface area contributed by atoms with Crippen LogP contribution in [0.4, 0.5) is 0 Å². The van der Waals surface area contributed by atoms with Gasteiger partial charge in [0.1, 0.15) is 0 Å². The minimum Gasteiger partial charge on any atom is -0.394 e. The van der Waals surface area contributed by atoms with Crippen LogP contribution in [0.3, 0.4) is 0 Å². The Labute approximate surface area is 348 Å². The normalized spacial score (nSPS) is 14.0. The molecule has 0 aromatic carbocycles. The van der Waals surface area contributed by atoms with E-state index in [9.17, 15) is 20.1 Å². The fourth-order valence-corrected chi connectivity index (χ4v) is 7.05. The van der Waals surface area contributed by atoms with E-state index in [1.807, 2.05) is 6.08 Å². The molecule has 5 nitrogen and oxygen atoms in total. The molecule has 0 aliphatic carbocycles. The maximum absolute atomic E-state index is 12.5. The van der Waals surface area contributed by atoms with Gasteiger partial charge in [0.25, 0.3) is 0 Å². The molecule has 0 rings (SSSR count). The van der Waals surface area contributed by atoms with Gasteiger partial charge in [0.05, 0.1) is 31.3 Å². The van der Waals surface area contributed by atoms with Gasteiger partial charge in [0, 0.05) is 0 Å². The number of amides is 1. The molecule has 0 spiro atoms. The highest BCUT2D eigenvalue weighted by Gasteiger charge is 2.20. The van der Waals surface area contributed by atoms with Crippen molar-refractivity contribution >= 4 is 5.91 Å². The summed E-state index contributed by atoms with van der Waals surface area (Å²) in [4.78, 5) is 12.5. The van der Waals surface area contributed by atoms with Crippen molar-refractivity contribution in [1.82, 2.24) is 5.32 Å². The van der Waals surface area contributed by atoms with Gasteiger partial charge in [-0.1, -0.05) is 209 Å². The first-order valence-electron chi connectivity index (χ1n) is 24.1. The monoisotopic (exact) mass is 784 g/mol. The Balaban J connectivity index is 3.75. The Morgan fingerprint density at radius 2 is 0.821 bits per heavy atom. The lowest BCUT2D eigenvalue weighted by Gasteiger charge is -2.20. The van der Waals surface area contributed by atoms with Crippen LogP contribution >= 0.6 is 0 Å². The molecule has 0 aliphatic rings. The number of hydrogen-bond acceptors (Lipinski definition) is 4. The van der Waals surface area contributed by atoms with Crippen molar-refractivity contribution in [1.29, 1.82) is 0 Å². The summed E-state index contributed by atoms with van der Waals surface area (Å²) in [7, 11) is 0. The molecule has 0 fully saturated rings. The van der Waals surface area contributed by atoms with Gasteiger partial charge in [-0.15, -0.1) is 0 Å². The second-order valence-electron chi connectivity index (χ2n) is 16.3. The van der Waals surface area contributed by atoms with E-state index in [4.69, 9.17) is 0 Å². The van der Waals surface area contributed by atoms with Crippen LogP contribution in [-0.4, -0.2) is 46.1 Å². The van der Waals surface area contributed by atoms with Crippen molar-refractivity contribution in [3.63, 3.8) is 0 Å². The highest BCUT2D eigenvalue weighted by molar-refractivity contribution is 5.76. The molecule has 56 heavy (non-hydrogen) atoms. The third-order valence-corrected chi connectivity index (χ3v) is 10.8. The van der Waals surface area contributed by atoms with E-state index in [1.165, 1.54) is 148 Å². The second kappa shape index (κ2) is 45.7. The molecule has 0 saturated carbocycles. The molecule has 0 aromatic heterocycles.